The Labute approximate surface area is 138 Å². The predicted octanol–water partition coefficient (Wildman–Crippen LogP) is 2.52. The molecule has 3 fully saturated rings. The van der Waals surface area contributed by atoms with Crippen LogP contribution in [0.25, 0.3) is 0 Å². The minimum Gasteiger partial charge on any atom is -0.337 e. The third-order valence-corrected chi connectivity index (χ3v) is 5.42. The van der Waals surface area contributed by atoms with Gasteiger partial charge in [-0.15, -0.1) is 0 Å². The van der Waals surface area contributed by atoms with Crippen molar-refractivity contribution in [1.82, 2.24) is 19.4 Å². The van der Waals surface area contributed by atoms with E-state index in [-0.39, 0.29) is 0 Å². The van der Waals surface area contributed by atoms with Gasteiger partial charge in [-0.05, 0) is 24.3 Å². The van der Waals surface area contributed by atoms with E-state index in [2.05, 4.69) is 56.7 Å². The van der Waals surface area contributed by atoms with Gasteiger partial charge < -0.3 is 4.57 Å². The highest BCUT2D eigenvalue weighted by Gasteiger charge is 2.35. The molecule has 0 N–H and O–H groups in total. The summed E-state index contributed by atoms with van der Waals surface area (Å²) in [4.78, 5) is 9.85. The fraction of sp³-hybridized carbons (Fsp3) is 0.526. The molecular weight excluding hydrogens is 284 g/mol. The maximum atomic E-state index is 4.52. The van der Waals surface area contributed by atoms with Gasteiger partial charge in [0.05, 0.1) is 6.54 Å². The number of hydrogen-bond acceptors (Lipinski definition) is 3. The minimum atomic E-state index is 0.675. The largest absolute Gasteiger partial charge is 0.337 e. The van der Waals surface area contributed by atoms with Gasteiger partial charge >= 0.3 is 0 Å². The number of fused-ring (bicyclic) bond motifs is 4. The molecule has 1 aromatic heterocycles. The van der Waals surface area contributed by atoms with Crippen molar-refractivity contribution in [2.45, 2.75) is 32.0 Å². The summed E-state index contributed by atoms with van der Waals surface area (Å²) in [6.07, 6.45) is 6.67. The number of benzene rings is 1. The summed E-state index contributed by atoms with van der Waals surface area (Å²) in [7, 11) is 2.10. The van der Waals surface area contributed by atoms with Crippen LogP contribution in [0.1, 0.15) is 24.2 Å². The molecule has 5 rings (SSSR count). The summed E-state index contributed by atoms with van der Waals surface area (Å²) < 4.78 is 2.15. The third kappa shape index (κ3) is 3.33. The molecule has 0 radical (unpaired) electrons. The van der Waals surface area contributed by atoms with E-state index >= 15 is 0 Å². The van der Waals surface area contributed by atoms with E-state index in [4.69, 9.17) is 0 Å². The summed E-state index contributed by atoms with van der Waals surface area (Å²) >= 11 is 0. The average Bonchev–Trinajstić information content (AvgIpc) is 2.78. The molecule has 0 amide bonds. The molecule has 23 heavy (non-hydrogen) atoms. The lowest BCUT2D eigenvalue weighted by molar-refractivity contribution is 0.119. The van der Waals surface area contributed by atoms with Gasteiger partial charge in [0.25, 0.3) is 0 Å². The monoisotopic (exact) mass is 310 g/mol. The van der Waals surface area contributed by atoms with Gasteiger partial charge in [0.15, 0.2) is 0 Å². The molecule has 3 saturated heterocycles. The van der Waals surface area contributed by atoms with E-state index in [1.54, 1.807) is 0 Å². The first-order valence-electron chi connectivity index (χ1n) is 8.74. The number of hydrogen-bond donors (Lipinski definition) is 0. The second-order valence-corrected chi connectivity index (χ2v) is 7.16. The molecular formula is C19H26N4. The Bertz CT molecular complexity index is 636. The first kappa shape index (κ1) is 14.9. The topological polar surface area (TPSA) is 24.3 Å². The van der Waals surface area contributed by atoms with E-state index < -0.39 is 0 Å². The van der Waals surface area contributed by atoms with Gasteiger partial charge in [0.1, 0.15) is 5.82 Å². The highest BCUT2D eigenvalue weighted by Crippen LogP contribution is 2.29. The minimum absolute atomic E-state index is 0.675. The van der Waals surface area contributed by atoms with E-state index in [0.29, 0.717) is 6.04 Å². The zero-order valence-corrected chi connectivity index (χ0v) is 13.9. The Morgan fingerprint density at radius 1 is 1.04 bits per heavy atom. The van der Waals surface area contributed by atoms with Crippen LogP contribution in [0.5, 0.6) is 0 Å². The lowest BCUT2D eigenvalue weighted by Gasteiger charge is -2.35. The Balaban J connectivity index is 1.45. The van der Waals surface area contributed by atoms with Crippen LogP contribution in [0, 0.1) is 5.92 Å². The van der Waals surface area contributed by atoms with Crippen LogP contribution >= 0.6 is 0 Å². The molecule has 0 spiro atoms. The summed E-state index contributed by atoms with van der Waals surface area (Å²) in [5.41, 5.74) is 1.43. The van der Waals surface area contributed by atoms with Crippen LogP contribution < -0.4 is 0 Å². The summed E-state index contributed by atoms with van der Waals surface area (Å²) in [6.45, 7) is 5.73. The summed E-state index contributed by atoms with van der Waals surface area (Å²) in [5, 5.41) is 0. The summed E-state index contributed by atoms with van der Waals surface area (Å²) in [5.74, 6) is 1.99. The first-order valence-corrected chi connectivity index (χ1v) is 8.74. The molecule has 1 aromatic carbocycles. The van der Waals surface area contributed by atoms with Crippen LogP contribution in [0.4, 0.5) is 0 Å². The predicted molar refractivity (Wildman–Crippen MR) is 91.8 cm³/mol. The van der Waals surface area contributed by atoms with E-state index in [1.165, 1.54) is 43.9 Å². The number of nitrogens with zero attached hydrogens (tertiary/aromatic N) is 4. The number of imidazole rings is 1. The molecule has 2 aromatic rings. The quantitative estimate of drug-likeness (QED) is 0.867. The molecule has 4 heterocycles. The van der Waals surface area contributed by atoms with Crippen molar-refractivity contribution < 1.29 is 0 Å². The molecule has 0 unspecified atom stereocenters. The van der Waals surface area contributed by atoms with Crippen molar-refractivity contribution in [3.8, 4) is 0 Å². The van der Waals surface area contributed by atoms with Crippen LogP contribution in [-0.4, -0.2) is 45.0 Å². The molecule has 3 aliphatic heterocycles. The zero-order chi connectivity index (χ0) is 15.6. The first-order chi connectivity index (χ1) is 11.3. The van der Waals surface area contributed by atoms with Crippen molar-refractivity contribution in [2.75, 3.05) is 19.6 Å². The van der Waals surface area contributed by atoms with Gasteiger partial charge in [-0.25, -0.2) is 4.98 Å². The highest BCUT2D eigenvalue weighted by atomic mass is 15.3. The van der Waals surface area contributed by atoms with Gasteiger partial charge in [0.2, 0.25) is 0 Å². The maximum absolute atomic E-state index is 4.52. The van der Waals surface area contributed by atoms with Crippen LogP contribution in [0.3, 0.4) is 0 Å². The smallest absolute Gasteiger partial charge is 0.122 e. The number of aryl methyl sites for hydroxylation is 1. The molecule has 4 heteroatoms. The SMILES string of the molecule is Cn1ccnc1CN1C[C@H]2CC[C@@H]1CN(Cc1ccccc1)C2. The van der Waals surface area contributed by atoms with Gasteiger partial charge in [-0.3, -0.25) is 9.80 Å². The van der Waals surface area contributed by atoms with E-state index in [9.17, 15) is 0 Å². The molecule has 4 nitrogen and oxygen atoms in total. The molecule has 122 valence electrons. The lowest BCUT2D eigenvalue weighted by Crippen LogP contribution is -2.43. The lowest BCUT2D eigenvalue weighted by atomic mass is 9.95. The second kappa shape index (κ2) is 6.46. The molecule has 3 aliphatic rings. The zero-order valence-electron chi connectivity index (χ0n) is 13.9. The average molecular weight is 310 g/mol. The second-order valence-electron chi connectivity index (χ2n) is 7.16. The fourth-order valence-corrected chi connectivity index (χ4v) is 4.17. The Hall–Kier alpha value is -1.65. The van der Waals surface area contributed by atoms with Gasteiger partial charge in [-0.2, -0.15) is 0 Å². The number of piperidine rings is 1. The molecule has 2 bridgehead atoms. The van der Waals surface area contributed by atoms with Crippen LogP contribution in [0.2, 0.25) is 0 Å². The van der Waals surface area contributed by atoms with Crippen molar-refractivity contribution in [2.24, 2.45) is 13.0 Å². The molecule has 0 aliphatic carbocycles. The van der Waals surface area contributed by atoms with E-state index in [0.717, 1.165) is 19.0 Å². The van der Waals surface area contributed by atoms with Crippen molar-refractivity contribution in [3.05, 3.63) is 54.1 Å². The van der Waals surface area contributed by atoms with Gasteiger partial charge in [-0.1, -0.05) is 30.3 Å². The normalized spacial score (nSPS) is 25.6. The Kier molecular flexibility index (Phi) is 4.19. The Morgan fingerprint density at radius 3 is 2.70 bits per heavy atom. The van der Waals surface area contributed by atoms with Crippen LogP contribution in [-0.2, 0) is 20.1 Å². The highest BCUT2D eigenvalue weighted by molar-refractivity contribution is 5.14. The van der Waals surface area contributed by atoms with Crippen molar-refractivity contribution >= 4 is 0 Å². The standard InChI is InChI=1S/C19H26N4/c1-21-10-9-20-19(21)15-23-13-17-7-8-18(23)14-22(12-17)11-16-5-3-2-4-6-16/h2-6,9-10,17-18H,7-8,11-15H2,1H3/t17-,18+/m0/s1. The number of aromatic nitrogens is 2. The van der Waals surface area contributed by atoms with E-state index in [1.807, 2.05) is 12.4 Å². The Morgan fingerprint density at radius 2 is 1.91 bits per heavy atom. The molecule has 2 atom stereocenters. The summed E-state index contributed by atoms with van der Waals surface area (Å²) in [6, 6.07) is 11.6. The maximum Gasteiger partial charge on any atom is 0.122 e. The third-order valence-electron chi connectivity index (χ3n) is 5.42. The fourth-order valence-electron chi connectivity index (χ4n) is 4.17. The van der Waals surface area contributed by atoms with Crippen LogP contribution in [0.15, 0.2) is 42.7 Å². The molecule has 0 saturated carbocycles. The van der Waals surface area contributed by atoms with Gasteiger partial charge in [0, 0.05) is 51.7 Å². The number of rotatable bonds is 4. The van der Waals surface area contributed by atoms with Crippen molar-refractivity contribution in [3.63, 3.8) is 0 Å². The van der Waals surface area contributed by atoms with Crippen molar-refractivity contribution in [1.29, 1.82) is 0 Å².